The van der Waals surface area contributed by atoms with E-state index in [1.54, 1.807) is 18.2 Å². The van der Waals surface area contributed by atoms with Crippen LogP contribution in [0.1, 0.15) is 15.9 Å². The van der Waals surface area contributed by atoms with Crippen molar-refractivity contribution in [1.82, 2.24) is 0 Å². The standard InChI is InChI=1S/C15H14FNO2S/c1-9-7-12(8-13(14(9)17)15(18)19-2)20-11-5-3-10(16)4-6-11/h3-8H,17H2,1-2H3. The highest BCUT2D eigenvalue weighted by molar-refractivity contribution is 7.99. The van der Waals surface area contributed by atoms with E-state index < -0.39 is 5.97 Å². The first-order chi connectivity index (χ1) is 9.51. The van der Waals surface area contributed by atoms with Crippen molar-refractivity contribution in [2.24, 2.45) is 0 Å². The molecule has 0 atom stereocenters. The van der Waals surface area contributed by atoms with Crippen LogP contribution in [-0.4, -0.2) is 13.1 Å². The number of anilines is 1. The van der Waals surface area contributed by atoms with E-state index in [1.165, 1.54) is 31.0 Å². The van der Waals surface area contributed by atoms with Crippen molar-refractivity contribution in [3.63, 3.8) is 0 Å². The molecule has 0 fully saturated rings. The maximum Gasteiger partial charge on any atom is 0.340 e. The zero-order valence-corrected chi connectivity index (χ0v) is 12.0. The van der Waals surface area contributed by atoms with Gasteiger partial charge in [0, 0.05) is 15.5 Å². The van der Waals surface area contributed by atoms with E-state index in [-0.39, 0.29) is 5.82 Å². The van der Waals surface area contributed by atoms with Crippen LogP contribution >= 0.6 is 11.8 Å². The molecule has 0 spiro atoms. The maximum atomic E-state index is 12.9. The lowest BCUT2D eigenvalue weighted by molar-refractivity contribution is 0.0601. The highest BCUT2D eigenvalue weighted by Crippen LogP contribution is 2.32. The molecule has 0 bridgehead atoms. The van der Waals surface area contributed by atoms with Gasteiger partial charge in [-0.1, -0.05) is 11.8 Å². The van der Waals surface area contributed by atoms with Crippen LogP contribution in [0.2, 0.25) is 0 Å². The van der Waals surface area contributed by atoms with E-state index in [0.717, 1.165) is 15.4 Å². The number of rotatable bonds is 3. The second kappa shape index (κ2) is 5.96. The largest absolute Gasteiger partial charge is 0.465 e. The number of carbonyl (C=O) groups excluding carboxylic acids is 1. The quantitative estimate of drug-likeness (QED) is 0.692. The minimum atomic E-state index is -0.466. The fourth-order valence-electron chi connectivity index (χ4n) is 1.74. The second-order valence-corrected chi connectivity index (χ2v) is 5.40. The van der Waals surface area contributed by atoms with Crippen molar-refractivity contribution < 1.29 is 13.9 Å². The number of ether oxygens (including phenoxy) is 1. The smallest absolute Gasteiger partial charge is 0.340 e. The van der Waals surface area contributed by atoms with Crippen molar-refractivity contribution in [3.05, 3.63) is 53.3 Å². The highest BCUT2D eigenvalue weighted by atomic mass is 32.2. The van der Waals surface area contributed by atoms with E-state index in [0.29, 0.717) is 11.3 Å². The van der Waals surface area contributed by atoms with Crippen LogP contribution in [0.25, 0.3) is 0 Å². The van der Waals surface area contributed by atoms with Gasteiger partial charge in [0.05, 0.1) is 12.7 Å². The fourth-order valence-corrected chi connectivity index (χ4v) is 2.70. The lowest BCUT2D eigenvalue weighted by Gasteiger charge is -2.10. The first-order valence-corrected chi connectivity index (χ1v) is 6.74. The molecule has 0 amide bonds. The van der Waals surface area contributed by atoms with Gasteiger partial charge in [-0.3, -0.25) is 0 Å². The Bertz CT molecular complexity index is 641. The molecule has 0 heterocycles. The first-order valence-electron chi connectivity index (χ1n) is 5.93. The zero-order chi connectivity index (χ0) is 14.7. The molecule has 0 aliphatic heterocycles. The van der Waals surface area contributed by atoms with Crippen LogP contribution in [0, 0.1) is 12.7 Å². The van der Waals surface area contributed by atoms with Gasteiger partial charge < -0.3 is 10.5 Å². The molecule has 0 aliphatic carbocycles. The maximum absolute atomic E-state index is 12.9. The SMILES string of the molecule is COC(=O)c1cc(Sc2ccc(F)cc2)cc(C)c1N. The van der Waals surface area contributed by atoms with Crippen molar-refractivity contribution >= 4 is 23.4 Å². The summed E-state index contributed by atoms with van der Waals surface area (Å²) in [5, 5.41) is 0. The molecule has 0 aromatic heterocycles. The first kappa shape index (κ1) is 14.4. The number of hydrogen-bond donors (Lipinski definition) is 1. The molecule has 104 valence electrons. The monoisotopic (exact) mass is 291 g/mol. The summed E-state index contributed by atoms with van der Waals surface area (Å²) in [5.74, 6) is -0.745. The Hall–Kier alpha value is -2.01. The van der Waals surface area contributed by atoms with E-state index in [2.05, 4.69) is 0 Å². The number of hydrogen-bond acceptors (Lipinski definition) is 4. The molecular formula is C15H14FNO2S. The predicted molar refractivity (Wildman–Crippen MR) is 77.5 cm³/mol. The second-order valence-electron chi connectivity index (χ2n) is 4.25. The summed E-state index contributed by atoms with van der Waals surface area (Å²) in [5.41, 5.74) is 7.45. The third-order valence-corrected chi connectivity index (χ3v) is 3.79. The summed E-state index contributed by atoms with van der Waals surface area (Å²) in [6.45, 7) is 1.83. The topological polar surface area (TPSA) is 52.3 Å². The Kier molecular flexibility index (Phi) is 4.29. The van der Waals surface area contributed by atoms with Gasteiger partial charge in [-0.05, 0) is 48.9 Å². The molecule has 5 heteroatoms. The number of carbonyl (C=O) groups is 1. The van der Waals surface area contributed by atoms with E-state index in [1.807, 2.05) is 13.0 Å². The summed E-state index contributed by atoms with van der Waals surface area (Å²) in [6, 6.07) is 9.73. The molecule has 2 aromatic rings. The summed E-state index contributed by atoms with van der Waals surface area (Å²) in [6.07, 6.45) is 0. The Morgan fingerprint density at radius 3 is 2.45 bits per heavy atom. The van der Waals surface area contributed by atoms with Gasteiger partial charge in [-0.15, -0.1) is 0 Å². The summed E-state index contributed by atoms with van der Waals surface area (Å²) >= 11 is 1.43. The van der Waals surface area contributed by atoms with E-state index >= 15 is 0 Å². The van der Waals surface area contributed by atoms with Gasteiger partial charge in [0.2, 0.25) is 0 Å². The van der Waals surface area contributed by atoms with Gasteiger partial charge in [0.25, 0.3) is 0 Å². The molecule has 2 aromatic carbocycles. The predicted octanol–water partition coefficient (Wildman–Crippen LogP) is 3.65. The molecule has 0 unspecified atom stereocenters. The molecular weight excluding hydrogens is 277 g/mol. The number of benzene rings is 2. The van der Waals surface area contributed by atoms with Crippen molar-refractivity contribution in [2.45, 2.75) is 16.7 Å². The van der Waals surface area contributed by atoms with Crippen molar-refractivity contribution in [3.8, 4) is 0 Å². The van der Waals surface area contributed by atoms with Gasteiger partial charge in [0.15, 0.2) is 0 Å². The third kappa shape index (κ3) is 3.11. The number of methoxy groups -OCH3 is 1. The third-order valence-electron chi connectivity index (χ3n) is 2.82. The molecule has 0 aliphatic rings. The van der Waals surface area contributed by atoms with Crippen LogP contribution in [0.15, 0.2) is 46.2 Å². The van der Waals surface area contributed by atoms with Crippen LogP contribution in [0.3, 0.4) is 0 Å². The number of nitrogens with two attached hydrogens (primary N) is 1. The van der Waals surface area contributed by atoms with E-state index in [4.69, 9.17) is 10.5 Å². The molecule has 0 radical (unpaired) electrons. The number of aryl methyl sites for hydroxylation is 1. The van der Waals surface area contributed by atoms with Crippen molar-refractivity contribution in [2.75, 3.05) is 12.8 Å². The summed E-state index contributed by atoms with van der Waals surface area (Å²) in [4.78, 5) is 13.4. The summed E-state index contributed by atoms with van der Waals surface area (Å²) in [7, 11) is 1.32. The molecule has 20 heavy (non-hydrogen) atoms. The number of nitrogen functional groups attached to an aromatic ring is 1. The molecule has 2 N–H and O–H groups in total. The van der Waals surface area contributed by atoms with Crippen LogP contribution in [-0.2, 0) is 4.74 Å². The van der Waals surface area contributed by atoms with Crippen LogP contribution in [0.4, 0.5) is 10.1 Å². The minimum Gasteiger partial charge on any atom is -0.465 e. The normalized spacial score (nSPS) is 10.3. The lowest BCUT2D eigenvalue weighted by atomic mass is 10.1. The zero-order valence-electron chi connectivity index (χ0n) is 11.1. The van der Waals surface area contributed by atoms with Crippen LogP contribution in [0.5, 0.6) is 0 Å². The van der Waals surface area contributed by atoms with Gasteiger partial charge in [-0.2, -0.15) is 0 Å². The average Bonchev–Trinajstić information content (AvgIpc) is 2.44. The minimum absolute atomic E-state index is 0.280. The molecule has 0 saturated carbocycles. The Morgan fingerprint density at radius 1 is 1.20 bits per heavy atom. The Labute approximate surface area is 120 Å². The van der Waals surface area contributed by atoms with Gasteiger partial charge >= 0.3 is 5.97 Å². The molecule has 3 nitrogen and oxygen atoms in total. The van der Waals surface area contributed by atoms with Gasteiger partial charge in [0.1, 0.15) is 5.82 Å². The summed E-state index contributed by atoms with van der Waals surface area (Å²) < 4.78 is 17.6. The van der Waals surface area contributed by atoms with Crippen molar-refractivity contribution in [1.29, 1.82) is 0 Å². The Morgan fingerprint density at radius 2 is 1.85 bits per heavy atom. The van der Waals surface area contributed by atoms with E-state index in [9.17, 15) is 9.18 Å². The fraction of sp³-hybridized carbons (Fsp3) is 0.133. The Balaban J connectivity index is 2.35. The van der Waals surface area contributed by atoms with Gasteiger partial charge in [-0.25, -0.2) is 9.18 Å². The number of halogens is 1. The van der Waals surface area contributed by atoms with Crippen LogP contribution < -0.4 is 5.73 Å². The highest BCUT2D eigenvalue weighted by Gasteiger charge is 2.14. The molecule has 0 saturated heterocycles. The number of esters is 1. The molecule has 2 rings (SSSR count). The lowest BCUT2D eigenvalue weighted by Crippen LogP contribution is -2.07. The average molecular weight is 291 g/mol.